The third kappa shape index (κ3) is 3.48. The topological polar surface area (TPSA) is 38.0 Å². The number of hydrazine groups is 1. The van der Waals surface area contributed by atoms with Crippen LogP contribution in [0, 0.1) is 0 Å². The molecule has 0 fully saturated rings. The number of hydrogen-bond acceptors (Lipinski definition) is 1. The first-order valence-corrected chi connectivity index (χ1v) is 7.42. The Balaban J connectivity index is 1.67. The van der Waals surface area contributed by atoms with Crippen LogP contribution in [0.3, 0.4) is 0 Å². The van der Waals surface area contributed by atoms with Gasteiger partial charge in [0.2, 0.25) is 5.11 Å². The van der Waals surface area contributed by atoms with Crippen molar-refractivity contribution in [2.45, 2.75) is 0 Å². The molecule has 0 aliphatic heterocycles. The number of thiocarbonyl (C=S) groups is 1. The zero-order chi connectivity index (χ0) is 15.2. The summed E-state index contributed by atoms with van der Waals surface area (Å²) in [5.41, 5.74) is 5.01. The Hall–Kier alpha value is -2.72. The highest BCUT2D eigenvalue weighted by Crippen LogP contribution is 2.15. The fourth-order valence-corrected chi connectivity index (χ4v) is 2.42. The largest absolute Gasteiger partial charge is 0.328 e. The molecule has 3 N–H and O–H groups in total. The number of hydrogen-bond donors (Lipinski definition) is 3. The number of rotatable bonds is 3. The van der Waals surface area contributed by atoms with Crippen LogP contribution in [-0.4, -0.2) is 11.3 Å². The van der Waals surface area contributed by atoms with Gasteiger partial charge in [0.15, 0.2) is 6.21 Å². The van der Waals surface area contributed by atoms with Gasteiger partial charge >= 0.3 is 0 Å². The van der Waals surface area contributed by atoms with E-state index in [-0.39, 0.29) is 0 Å². The second-order valence-corrected chi connectivity index (χ2v) is 5.21. The Bertz CT molecular complexity index is 807. The summed E-state index contributed by atoms with van der Waals surface area (Å²) < 4.78 is 0. The molecule has 0 aromatic heterocycles. The molecule has 0 unspecified atom stereocenters. The van der Waals surface area contributed by atoms with Crippen molar-refractivity contribution >= 4 is 40.0 Å². The maximum Gasteiger partial charge on any atom is 0.228 e. The average molecular weight is 306 g/mol. The Kier molecular flexibility index (Phi) is 4.41. The third-order valence-corrected chi connectivity index (χ3v) is 3.47. The summed E-state index contributed by atoms with van der Waals surface area (Å²) in [7, 11) is 0. The SMILES string of the molecule is S=C(N[NH+]=Cc1cccc2ccccc12)Nc1ccccc1. The van der Waals surface area contributed by atoms with Crippen LogP contribution in [0.4, 0.5) is 5.69 Å². The van der Waals surface area contributed by atoms with E-state index in [0.717, 1.165) is 11.3 Å². The summed E-state index contributed by atoms with van der Waals surface area (Å²) in [6.07, 6.45) is 1.90. The van der Waals surface area contributed by atoms with E-state index in [1.165, 1.54) is 10.8 Å². The molecule has 0 spiro atoms. The van der Waals surface area contributed by atoms with Gasteiger partial charge in [0, 0.05) is 11.3 Å². The molecule has 22 heavy (non-hydrogen) atoms. The smallest absolute Gasteiger partial charge is 0.228 e. The van der Waals surface area contributed by atoms with E-state index < -0.39 is 0 Å². The van der Waals surface area contributed by atoms with Gasteiger partial charge in [-0.15, -0.1) is 10.5 Å². The van der Waals surface area contributed by atoms with E-state index >= 15 is 0 Å². The highest BCUT2D eigenvalue weighted by atomic mass is 32.1. The molecule has 0 atom stereocenters. The van der Waals surface area contributed by atoms with Crippen molar-refractivity contribution in [2.75, 3.05) is 5.32 Å². The molecule has 3 rings (SSSR count). The van der Waals surface area contributed by atoms with Gasteiger partial charge in [0.05, 0.1) is 0 Å². The third-order valence-electron chi connectivity index (χ3n) is 3.27. The van der Waals surface area contributed by atoms with E-state index in [0.29, 0.717) is 5.11 Å². The summed E-state index contributed by atoms with van der Waals surface area (Å²) in [5.74, 6) is 0. The van der Waals surface area contributed by atoms with Gasteiger partial charge in [0.25, 0.3) is 0 Å². The van der Waals surface area contributed by atoms with Gasteiger partial charge < -0.3 is 5.32 Å². The molecular formula is C18H16N3S+. The first-order chi connectivity index (χ1) is 10.8. The van der Waals surface area contributed by atoms with Crippen molar-refractivity contribution in [3.05, 3.63) is 78.4 Å². The molecule has 0 amide bonds. The van der Waals surface area contributed by atoms with Crippen LogP contribution in [0.15, 0.2) is 72.8 Å². The maximum absolute atomic E-state index is 5.24. The van der Waals surface area contributed by atoms with Crippen LogP contribution in [0.25, 0.3) is 10.8 Å². The molecule has 0 saturated carbocycles. The molecule has 108 valence electrons. The lowest BCUT2D eigenvalue weighted by Crippen LogP contribution is -2.82. The van der Waals surface area contributed by atoms with Gasteiger partial charge in [-0.2, -0.15) is 0 Å². The Morgan fingerprint density at radius 3 is 2.45 bits per heavy atom. The van der Waals surface area contributed by atoms with Crippen LogP contribution >= 0.6 is 12.2 Å². The monoisotopic (exact) mass is 306 g/mol. The fourth-order valence-electron chi connectivity index (χ4n) is 2.24. The Morgan fingerprint density at radius 1 is 0.864 bits per heavy atom. The number of fused-ring (bicyclic) bond motifs is 1. The zero-order valence-electron chi connectivity index (χ0n) is 11.9. The summed E-state index contributed by atoms with van der Waals surface area (Å²) in [5, 5.41) is 9.06. The van der Waals surface area contributed by atoms with E-state index in [9.17, 15) is 0 Å². The van der Waals surface area contributed by atoms with Crippen LogP contribution in [-0.2, 0) is 0 Å². The molecule has 0 radical (unpaired) electrons. The molecule has 3 aromatic rings. The molecule has 0 bridgehead atoms. The number of para-hydroxylation sites is 1. The predicted octanol–water partition coefficient (Wildman–Crippen LogP) is 2.24. The van der Waals surface area contributed by atoms with Gasteiger partial charge in [-0.25, -0.2) is 0 Å². The second kappa shape index (κ2) is 6.83. The van der Waals surface area contributed by atoms with Crippen LogP contribution in [0.5, 0.6) is 0 Å². The van der Waals surface area contributed by atoms with Crippen molar-refractivity contribution in [1.29, 1.82) is 0 Å². The van der Waals surface area contributed by atoms with Gasteiger partial charge in [-0.3, -0.25) is 0 Å². The fraction of sp³-hybridized carbons (Fsp3) is 0. The average Bonchev–Trinajstić information content (AvgIpc) is 2.56. The lowest BCUT2D eigenvalue weighted by Gasteiger charge is -2.03. The Labute approximate surface area is 134 Å². The van der Waals surface area contributed by atoms with Gasteiger partial charge in [-0.1, -0.05) is 54.6 Å². The first kappa shape index (κ1) is 14.2. The summed E-state index contributed by atoms with van der Waals surface area (Å²) in [6.45, 7) is 0. The summed E-state index contributed by atoms with van der Waals surface area (Å²) in [6, 6.07) is 24.3. The summed E-state index contributed by atoms with van der Waals surface area (Å²) in [4.78, 5) is 0. The molecule has 0 heterocycles. The molecule has 4 heteroatoms. The van der Waals surface area contributed by atoms with E-state index in [1.54, 1.807) is 0 Å². The minimum atomic E-state index is 0.516. The number of nitrogens with one attached hydrogen (secondary N) is 3. The quantitative estimate of drug-likeness (QED) is 0.395. The zero-order valence-corrected chi connectivity index (χ0v) is 12.7. The minimum Gasteiger partial charge on any atom is -0.328 e. The maximum atomic E-state index is 5.24. The highest BCUT2D eigenvalue weighted by molar-refractivity contribution is 7.80. The van der Waals surface area contributed by atoms with Crippen molar-refractivity contribution in [1.82, 2.24) is 5.43 Å². The van der Waals surface area contributed by atoms with E-state index in [4.69, 9.17) is 12.2 Å². The van der Waals surface area contributed by atoms with Gasteiger partial charge in [0.1, 0.15) is 0 Å². The molecule has 3 nitrogen and oxygen atoms in total. The van der Waals surface area contributed by atoms with Crippen molar-refractivity contribution in [2.24, 2.45) is 0 Å². The van der Waals surface area contributed by atoms with Crippen LogP contribution in [0.1, 0.15) is 5.56 Å². The second-order valence-electron chi connectivity index (χ2n) is 4.80. The predicted molar refractivity (Wildman–Crippen MR) is 95.9 cm³/mol. The molecule has 0 aliphatic carbocycles. The van der Waals surface area contributed by atoms with Crippen molar-refractivity contribution in [3.63, 3.8) is 0 Å². The number of anilines is 1. The van der Waals surface area contributed by atoms with Gasteiger partial charge in [-0.05, 0) is 41.2 Å². The van der Waals surface area contributed by atoms with Crippen molar-refractivity contribution < 1.29 is 5.10 Å². The number of benzene rings is 3. The molecule has 3 aromatic carbocycles. The minimum absolute atomic E-state index is 0.516. The molecule has 0 aliphatic rings. The molecule has 0 saturated heterocycles. The summed E-state index contributed by atoms with van der Waals surface area (Å²) >= 11 is 5.24. The molecular weight excluding hydrogens is 290 g/mol. The van der Waals surface area contributed by atoms with E-state index in [1.807, 2.05) is 54.7 Å². The number of hydrazone groups is 1. The van der Waals surface area contributed by atoms with Crippen molar-refractivity contribution in [3.8, 4) is 0 Å². The van der Waals surface area contributed by atoms with Crippen LogP contribution in [0.2, 0.25) is 0 Å². The lowest BCUT2D eigenvalue weighted by atomic mass is 10.1. The normalized spacial score (nSPS) is 10.7. The Morgan fingerprint density at radius 2 is 1.59 bits per heavy atom. The highest BCUT2D eigenvalue weighted by Gasteiger charge is 2.01. The van der Waals surface area contributed by atoms with E-state index in [2.05, 4.69) is 40.1 Å². The lowest BCUT2D eigenvalue weighted by molar-refractivity contribution is -0.499. The first-order valence-electron chi connectivity index (χ1n) is 7.01. The standard InChI is InChI=1S/C18H15N3S/c22-18(20-16-10-2-1-3-11-16)21-19-13-15-9-6-8-14-7-4-5-12-17(14)15/h1-13H,(H2,20,21,22)/p+1. The van der Waals surface area contributed by atoms with Crippen LogP contribution < -0.4 is 15.8 Å².